The number of hydrogen-bond acceptors (Lipinski definition) is 3. The summed E-state index contributed by atoms with van der Waals surface area (Å²) in [4.78, 5) is 23.4. The molecule has 0 fully saturated rings. The van der Waals surface area contributed by atoms with Gasteiger partial charge in [0, 0.05) is 18.8 Å². The fraction of sp³-hybridized carbons (Fsp3) is 0.571. The number of unbranched alkanes of at least 4 members (excludes halogenated alkanes) is 1. The van der Waals surface area contributed by atoms with Crippen LogP contribution in [-0.4, -0.2) is 16.5 Å². The predicted molar refractivity (Wildman–Crippen MR) is 77.1 cm³/mol. The van der Waals surface area contributed by atoms with Gasteiger partial charge in [0.2, 0.25) is 5.91 Å². The van der Waals surface area contributed by atoms with Gasteiger partial charge >= 0.3 is 0 Å². The van der Waals surface area contributed by atoms with Crippen LogP contribution in [0.3, 0.4) is 0 Å². The topological polar surface area (TPSA) is 77.1 Å². The Balaban J connectivity index is 2.68. The van der Waals surface area contributed by atoms with Gasteiger partial charge in [0.1, 0.15) is 0 Å². The normalized spacial score (nSPS) is 12.2. The van der Waals surface area contributed by atoms with Crippen LogP contribution in [0.4, 0.5) is 5.69 Å². The van der Waals surface area contributed by atoms with E-state index in [0.29, 0.717) is 18.7 Å². The third kappa shape index (κ3) is 4.87. The lowest BCUT2D eigenvalue weighted by Crippen LogP contribution is -2.35. The average Bonchev–Trinajstić information content (AvgIpc) is 2.40. The van der Waals surface area contributed by atoms with Gasteiger partial charge in [-0.15, -0.1) is 0 Å². The minimum atomic E-state index is -0.494. The molecular formula is C14H23N3O2. The highest BCUT2D eigenvalue weighted by atomic mass is 16.2. The van der Waals surface area contributed by atoms with Crippen molar-refractivity contribution in [1.82, 2.24) is 4.57 Å². The second kappa shape index (κ2) is 7.74. The zero-order valence-corrected chi connectivity index (χ0v) is 11.7. The molecule has 5 heteroatoms. The Bertz CT molecular complexity index is 468. The maximum absolute atomic E-state index is 11.8. The van der Waals surface area contributed by atoms with Crippen molar-refractivity contribution in [3.8, 4) is 0 Å². The van der Waals surface area contributed by atoms with Crippen molar-refractivity contribution in [3.05, 3.63) is 28.7 Å². The smallest absolute Gasteiger partial charge is 0.250 e. The fourth-order valence-electron chi connectivity index (χ4n) is 1.81. The van der Waals surface area contributed by atoms with Crippen LogP contribution in [0.5, 0.6) is 0 Å². The Labute approximate surface area is 113 Å². The number of carbonyl (C=O) groups is 1. The minimum Gasteiger partial charge on any atom is -0.323 e. The first-order valence-corrected chi connectivity index (χ1v) is 6.85. The Hall–Kier alpha value is -1.62. The Morgan fingerprint density at radius 2 is 2.11 bits per heavy atom. The van der Waals surface area contributed by atoms with E-state index in [1.807, 2.05) is 6.92 Å². The van der Waals surface area contributed by atoms with Crippen molar-refractivity contribution in [3.63, 3.8) is 0 Å². The summed E-state index contributed by atoms with van der Waals surface area (Å²) in [6.45, 7) is 4.70. The van der Waals surface area contributed by atoms with Crippen LogP contribution in [0.2, 0.25) is 0 Å². The number of pyridine rings is 1. The predicted octanol–water partition coefficient (Wildman–Crippen LogP) is 1.71. The Morgan fingerprint density at radius 3 is 2.74 bits per heavy atom. The number of aryl methyl sites for hydroxylation is 1. The molecule has 3 N–H and O–H groups in total. The third-order valence-electron chi connectivity index (χ3n) is 2.92. The lowest BCUT2D eigenvalue weighted by Gasteiger charge is -2.13. The maximum Gasteiger partial charge on any atom is 0.250 e. The van der Waals surface area contributed by atoms with Crippen LogP contribution >= 0.6 is 0 Å². The van der Waals surface area contributed by atoms with Crippen molar-refractivity contribution in [2.24, 2.45) is 5.73 Å². The molecule has 0 aliphatic carbocycles. The highest BCUT2D eigenvalue weighted by molar-refractivity contribution is 5.94. The van der Waals surface area contributed by atoms with Gasteiger partial charge < -0.3 is 15.6 Å². The number of anilines is 1. The summed E-state index contributed by atoms with van der Waals surface area (Å²) in [7, 11) is 0. The standard InChI is InChI=1S/C14H23N3O2/c1-3-5-6-12(15)14(19)16-11-7-8-13(18)17(10-11)9-4-2/h7-8,10,12H,3-6,9,15H2,1-2H3,(H,16,19)/t12-/m0/s1. The van der Waals surface area contributed by atoms with Crippen molar-refractivity contribution < 1.29 is 4.79 Å². The Kier molecular flexibility index (Phi) is 6.29. The average molecular weight is 265 g/mol. The van der Waals surface area contributed by atoms with Crippen molar-refractivity contribution in [2.45, 2.75) is 52.1 Å². The van der Waals surface area contributed by atoms with E-state index in [0.717, 1.165) is 19.3 Å². The number of nitrogens with two attached hydrogens (primary N) is 1. The molecule has 1 heterocycles. The monoisotopic (exact) mass is 265 g/mol. The lowest BCUT2D eigenvalue weighted by atomic mass is 10.1. The first kappa shape index (κ1) is 15.4. The fourth-order valence-corrected chi connectivity index (χ4v) is 1.81. The molecule has 1 amide bonds. The first-order valence-electron chi connectivity index (χ1n) is 6.85. The molecule has 0 aliphatic rings. The molecule has 0 spiro atoms. The van der Waals surface area contributed by atoms with Gasteiger partial charge in [-0.25, -0.2) is 0 Å². The van der Waals surface area contributed by atoms with E-state index in [-0.39, 0.29) is 11.5 Å². The highest BCUT2D eigenvalue weighted by Gasteiger charge is 2.13. The minimum absolute atomic E-state index is 0.0601. The molecule has 1 aromatic heterocycles. The molecule has 1 atom stereocenters. The highest BCUT2D eigenvalue weighted by Crippen LogP contribution is 2.06. The van der Waals surface area contributed by atoms with Crippen LogP contribution in [0.25, 0.3) is 0 Å². The second-order valence-electron chi connectivity index (χ2n) is 4.69. The summed E-state index contributed by atoms with van der Waals surface area (Å²) in [6.07, 6.45) is 5.16. The summed E-state index contributed by atoms with van der Waals surface area (Å²) in [5.41, 5.74) is 6.35. The SMILES string of the molecule is CCCC[C@H](N)C(=O)Nc1ccc(=O)n(CCC)c1. The quantitative estimate of drug-likeness (QED) is 0.788. The molecular weight excluding hydrogens is 242 g/mol. The zero-order chi connectivity index (χ0) is 14.3. The maximum atomic E-state index is 11.8. The van der Waals surface area contributed by atoms with Gasteiger partial charge in [-0.05, 0) is 18.9 Å². The summed E-state index contributed by atoms with van der Waals surface area (Å²) in [6, 6.07) is 2.58. The molecule has 0 bridgehead atoms. The molecule has 1 rings (SSSR count). The second-order valence-corrected chi connectivity index (χ2v) is 4.69. The van der Waals surface area contributed by atoms with Gasteiger partial charge in [-0.1, -0.05) is 26.7 Å². The molecule has 0 aliphatic heterocycles. The van der Waals surface area contributed by atoms with Crippen LogP contribution in [-0.2, 0) is 11.3 Å². The molecule has 0 saturated heterocycles. The number of rotatable bonds is 7. The van der Waals surface area contributed by atoms with E-state index in [2.05, 4.69) is 12.2 Å². The van der Waals surface area contributed by atoms with E-state index < -0.39 is 6.04 Å². The summed E-state index contributed by atoms with van der Waals surface area (Å²) in [5.74, 6) is -0.199. The summed E-state index contributed by atoms with van der Waals surface area (Å²) in [5, 5.41) is 2.75. The molecule has 5 nitrogen and oxygen atoms in total. The van der Waals surface area contributed by atoms with Gasteiger partial charge in [0.15, 0.2) is 0 Å². The molecule has 0 saturated carbocycles. The van der Waals surface area contributed by atoms with E-state index in [4.69, 9.17) is 5.73 Å². The molecule has 0 unspecified atom stereocenters. The molecule has 0 radical (unpaired) electrons. The number of carbonyl (C=O) groups excluding carboxylic acids is 1. The third-order valence-corrected chi connectivity index (χ3v) is 2.92. The van der Waals surface area contributed by atoms with Gasteiger partial charge in [-0.2, -0.15) is 0 Å². The molecule has 1 aromatic rings. The molecule has 0 aromatic carbocycles. The van der Waals surface area contributed by atoms with Gasteiger partial charge in [0.05, 0.1) is 11.7 Å². The summed E-state index contributed by atoms with van der Waals surface area (Å²) < 4.78 is 1.59. The number of nitrogens with one attached hydrogen (secondary N) is 1. The van der Waals surface area contributed by atoms with Crippen molar-refractivity contribution in [2.75, 3.05) is 5.32 Å². The number of hydrogen-bond donors (Lipinski definition) is 2. The van der Waals surface area contributed by atoms with Crippen LogP contribution in [0.1, 0.15) is 39.5 Å². The lowest BCUT2D eigenvalue weighted by molar-refractivity contribution is -0.117. The zero-order valence-electron chi connectivity index (χ0n) is 11.7. The number of nitrogens with zero attached hydrogens (tertiary/aromatic N) is 1. The van der Waals surface area contributed by atoms with E-state index in [1.165, 1.54) is 6.07 Å². The first-order chi connectivity index (χ1) is 9.08. The molecule has 19 heavy (non-hydrogen) atoms. The van der Waals surface area contributed by atoms with Crippen molar-refractivity contribution in [1.29, 1.82) is 0 Å². The molecule has 106 valence electrons. The number of amides is 1. The van der Waals surface area contributed by atoms with Crippen LogP contribution in [0, 0.1) is 0 Å². The van der Waals surface area contributed by atoms with Gasteiger partial charge in [0.25, 0.3) is 5.56 Å². The van der Waals surface area contributed by atoms with Crippen LogP contribution < -0.4 is 16.6 Å². The van der Waals surface area contributed by atoms with E-state index in [1.54, 1.807) is 16.8 Å². The van der Waals surface area contributed by atoms with Gasteiger partial charge in [-0.3, -0.25) is 9.59 Å². The van der Waals surface area contributed by atoms with Crippen LogP contribution in [0.15, 0.2) is 23.1 Å². The number of aromatic nitrogens is 1. The largest absolute Gasteiger partial charge is 0.323 e. The summed E-state index contributed by atoms with van der Waals surface area (Å²) >= 11 is 0. The Morgan fingerprint density at radius 1 is 1.37 bits per heavy atom. The van der Waals surface area contributed by atoms with Crippen molar-refractivity contribution >= 4 is 11.6 Å². The van der Waals surface area contributed by atoms with E-state index >= 15 is 0 Å². The van der Waals surface area contributed by atoms with E-state index in [9.17, 15) is 9.59 Å².